The lowest BCUT2D eigenvalue weighted by atomic mass is 9.92. The van der Waals surface area contributed by atoms with E-state index in [1.807, 2.05) is 14.1 Å². The Labute approximate surface area is 171 Å². The Hall–Kier alpha value is -3.17. The van der Waals surface area contributed by atoms with Crippen LogP contribution >= 0.6 is 0 Å². The van der Waals surface area contributed by atoms with Crippen LogP contribution in [0.2, 0.25) is 0 Å². The maximum absolute atomic E-state index is 13.6. The van der Waals surface area contributed by atoms with Crippen LogP contribution in [0.1, 0.15) is 52.5 Å². The van der Waals surface area contributed by atoms with E-state index in [1.54, 1.807) is 16.7 Å². The molecule has 4 rings (SSSR count). The minimum absolute atomic E-state index is 0.108. The van der Waals surface area contributed by atoms with E-state index < -0.39 is 6.43 Å². The number of fused-ring (bicyclic) bond motifs is 1. The molecule has 3 aromatic heterocycles. The zero-order valence-corrected chi connectivity index (χ0v) is 17.0. The second-order valence-electron chi connectivity index (χ2n) is 7.64. The number of hydrogen-bond donors (Lipinski definition) is 0. The molecule has 8 nitrogen and oxygen atoms in total. The fourth-order valence-corrected chi connectivity index (χ4v) is 3.78. The first-order chi connectivity index (χ1) is 14.3. The van der Waals surface area contributed by atoms with E-state index in [-0.39, 0.29) is 28.5 Å². The number of nitrogens with zero attached hydrogens (tertiary/aromatic N) is 6. The van der Waals surface area contributed by atoms with Gasteiger partial charge >= 0.3 is 0 Å². The molecule has 30 heavy (non-hydrogen) atoms. The summed E-state index contributed by atoms with van der Waals surface area (Å²) in [6, 6.07) is 1.42. The Bertz CT molecular complexity index is 1070. The number of amides is 1. The van der Waals surface area contributed by atoms with E-state index in [0.29, 0.717) is 36.0 Å². The number of pyridine rings is 1. The van der Waals surface area contributed by atoms with Crippen molar-refractivity contribution in [2.75, 3.05) is 32.1 Å². The number of alkyl halides is 2. The van der Waals surface area contributed by atoms with E-state index in [9.17, 15) is 13.6 Å². The third-order valence-corrected chi connectivity index (χ3v) is 5.31. The molecule has 158 valence electrons. The van der Waals surface area contributed by atoms with Crippen molar-refractivity contribution < 1.29 is 18.1 Å². The highest BCUT2D eigenvalue weighted by atomic mass is 19.3. The number of likely N-dealkylation sites (tertiary alicyclic amines) is 1. The van der Waals surface area contributed by atoms with E-state index in [1.165, 1.54) is 18.5 Å². The summed E-state index contributed by atoms with van der Waals surface area (Å²) in [6.45, 7) is 2.57. The smallest absolute Gasteiger partial charge is 0.264 e. The molecule has 1 amide bonds. The summed E-state index contributed by atoms with van der Waals surface area (Å²) in [7, 11) is 3.64. The third kappa shape index (κ3) is 3.69. The van der Waals surface area contributed by atoms with Crippen LogP contribution in [0.4, 0.5) is 14.7 Å². The summed E-state index contributed by atoms with van der Waals surface area (Å²) in [6.07, 6.45) is 1.83. The van der Waals surface area contributed by atoms with Crippen molar-refractivity contribution in [3.63, 3.8) is 0 Å². The standard InChI is InChI=1S/C20H22F2N6O2/c1-11-16-14(17(21)22)7-15(25-18(16)30-26-11)12-5-4-6-28(10-12)19(29)13-8-23-20(24-9-13)27(2)3/h7-9,12,17H,4-6,10H2,1-3H3/t12-/m0/s1. The molecule has 0 aromatic carbocycles. The summed E-state index contributed by atoms with van der Waals surface area (Å²) in [4.78, 5) is 29.2. The number of hydrogen-bond acceptors (Lipinski definition) is 7. The molecule has 1 fully saturated rings. The third-order valence-electron chi connectivity index (χ3n) is 5.31. The van der Waals surface area contributed by atoms with Gasteiger partial charge in [-0.1, -0.05) is 5.16 Å². The topological polar surface area (TPSA) is 88.2 Å². The van der Waals surface area contributed by atoms with Crippen LogP contribution in [-0.2, 0) is 0 Å². The van der Waals surface area contributed by atoms with Gasteiger partial charge in [0.25, 0.3) is 18.0 Å². The van der Waals surface area contributed by atoms with Gasteiger partial charge in [-0.2, -0.15) is 0 Å². The molecule has 3 aromatic rings. The number of anilines is 1. The molecule has 10 heteroatoms. The predicted molar refractivity (Wildman–Crippen MR) is 106 cm³/mol. The lowest BCUT2D eigenvalue weighted by Crippen LogP contribution is -2.39. The van der Waals surface area contributed by atoms with Crippen LogP contribution in [0.25, 0.3) is 11.1 Å². The number of aryl methyl sites for hydroxylation is 1. The Balaban J connectivity index is 1.59. The van der Waals surface area contributed by atoms with Gasteiger partial charge in [0.05, 0.1) is 16.6 Å². The number of carbonyl (C=O) groups is 1. The fraction of sp³-hybridized carbons (Fsp3) is 0.450. The van der Waals surface area contributed by atoms with Crippen LogP contribution in [0.15, 0.2) is 23.0 Å². The van der Waals surface area contributed by atoms with Gasteiger partial charge < -0.3 is 14.3 Å². The molecule has 1 aliphatic heterocycles. The molecule has 0 spiro atoms. The van der Waals surface area contributed by atoms with Gasteiger partial charge in [0.2, 0.25) is 5.95 Å². The first-order valence-corrected chi connectivity index (χ1v) is 9.68. The van der Waals surface area contributed by atoms with E-state index >= 15 is 0 Å². The van der Waals surface area contributed by atoms with Crippen molar-refractivity contribution in [1.82, 2.24) is 25.0 Å². The largest absolute Gasteiger partial charge is 0.347 e. The monoisotopic (exact) mass is 416 g/mol. The highest BCUT2D eigenvalue weighted by Crippen LogP contribution is 2.34. The van der Waals surface area contributed by atoms with Gasteiger partial charge in [-0.25, -0.2) is 23.7 Å². The van der Waals surface area contributed by atoms with Crippen LogP contribution < -0.4 is 4.90 Å². The molecular weight excluding hydrogens is 394 g/mol. The maximum atomic E-state index is 13.6. The fourth-order valence-electron chi connectivity index (χ4n) is 3.78. The molecule has 1 atom stereocenters. The molecule has 4 heterocycles. The molecule has 0 unspecified atom stereocenters. The SMILES string of the molecule is Cc1noc2nc([C@H]3CCCN(C(=O)c4cnc(N(C)C)nc4)C3)cc(C(F)F)c12. The van der Waals surface area contributed by atoms with Crippen molar-refractivity contribution in [2.45, 2.75) is 32.1 Å². The van der Waals surface area contributed by atoms with Crippen LogP contribution in [0.3, 0.4) is 0 Å². The van der Waals surface area contributed by atoms with Crippen molar-refractivity contribution in [3.05, 3.63) is 41.0 Å². The van der Waals surface area contributed by atoms with Gasteiger partial charge in [-0.05, 0) is 25.8 Å². The van der Waals surface area contributed by atoms with Crippen molar-refractivity contribution >= 4 is 23.0 Å². The average Bonchev–Trinajstić information content (AvgIpc) is 3.13. The number of halogens is 2. The molecule has 0 radical (unpaired) electrons. The molecule has 0 bridgehead atoms. The van der Waals surface area contributed by atoms with Crippen LogP contribution in [0.5, 0.6) is 0 Å². The summed E-state index contributed by atoms with van der Waals surface area (Å²) in [5.41, 5.74) is 1.25. The van der Waals surface area contributed by atoms with Crippen molar-refractivity contribution in [1.29, 1.82) is 0 Å². The Morgan fingerprint density at radius 1 is 1.30 bits per heavy atom. The Morgan fingerprint density at radius 3 is 2.70 bits per heavy atom. The minimum atomic E-state index is -2.67. The van der Waals surface area contributed by atoms with E-state index in [4.69, 9.17) is 4.52 Å². The number of rotatable bonds is 4. The zero-order valence-electron chi connectivity index (χ0n) is 17.0. The molecule has 0 saturated carbocycles. The zero-order chi connectivity index (χ0) is 21.4. The van der Waals surface area contributed by atoms with Gasteiger partial charge in [0.15, 0.2) is 0 Å². The minimum Gasteiger partial charge on any atom is -0.347 e. The highest BCUT2D eigenvalue weighted by molar-refractivity contribution is 5.93. The lowest BCUT2D eigenvalue weighted by molar-refractivity contribution is 0.0704. The highest BCUT2D eigenvalue weighted by Gasteiger charge is 2.29. The van der Waals surface area contributed by atoms with Gasteiger partial charge in [-0.3, -0.25) is 4.79 Å². The Morgan fingerprint density at radius 2 is 2.03 bits per heavy atom. The molecule has 0 N–H and O–H groups in total. The summed E-state index contributed by atoms with van der Waals surface area (Å²) < 4.78 is 32.4. The first kappa shape index (κ1) is 20.1. The number of carbonyl (C=O) groups excluding carboxylic acids is 1. The van der Waals surface area contributed by atoms with E-state index in [0.717, 1.165) is 12.8 Å². The summed E-state index contributed by atoms with van der Waals surface area (Å²) in [5, 5.41) is 4.03. The van der Waals surface area contributed by atoms with E-state index in [2.05, 4.69) is 20.1 Å². The molecular formula is C20H22F2N6O2. The first-order valence-electron chi connectivity index (χ1n) is 9.68. The molecule has 0 aliphatic carbocycles. The van der Waals surface area contributed by atoms with Gasteiger partial charge in [0, 0.05) is 56.8 Å². The quantitative estimate of drug-likeness (QED) is 0.644. The van der Waals surface area contributed by atoms with Crippen LogP contribution in [0, 0.1) is 6.92 Å². The second kappa shape index (κ2) is 7.92. The predicted octanol–water partition coefficient (Wildman–Crippen LogP) is 3.34. The van der Waals surface area contributed by atoms with Crippen LogP contribution in [-0.4, -0.2) is 58.1 Å². The summed E-state index contributed by atoms with van der Waals surface area (Å²) in [5.74, 6) is 0.162. The molecule has 1 aliphatic rings. The number of piperidine rings is 1. The lowest BCUT2D eigenvalue weighted by Gasteiger charge is -2.32. The second-order valence-corrected chi connectivity index (χ2v) is 7.64. The summed E-state index contributed by atoms with van der Waals surface area (Å²) >= 11 is 0. The Kier molecular flexibility index (Phi) is 5.31. The van der Waals surface area contributed by atoms with Crippen molar-refractivity contribution in [3.8, 4) is 0 Å². The van der Waals surface area contributed by atoms with Crippen molar-refractivity contribution in [2.24, 2.45) is 0 Å². The number of aromatic nitrogens is 4. The molecule has 1 saturated heterocycles. The maximum Gasteiger partial charge on any atom is 0.264 e. The normalized spacial score (nSPS) is 17.0. The van der Waals surface area contributed by atoms with Gasteiger partial charge in [-0.15, -0.1) is 0 Å². The van der Waals surface area contributed by atoms with Gasteiger partial charge in [0.1, 0.15) is 0 Å². The average molecular weight is 416 g/mol.